The Labute approximate surface area is 140 Å². The van der Waals surface area contributed by atoms with Gasteiger partial charge in [-0.3, -0.25) is 0 Å². The summed E-state index contributed by atoms with van der Waals surface area (Å²) in [6.45, 7) is 9.88. The van der Waals surface area contributed by atoms with Crippen LogP contribution in [0.15, 0.2) is 0 Å². The third kappa shape index (κ3) is 4.32. The number of aliphatic hydroxyl groups is 1. The van der Waals surface area contributed by atoms with E-state index in [0.29, 0.717) is 6.61 Å². The van der Waals surface area contributed by atoms with E-state index in [1.54, 1.807) is 0 Å². The van der Waals surface area contributed by atoms with Gasteiger partial charge in [0.05, 0.1) is 19.3 Å². The first-order valence-electron chi connectivity index (χ1n) is 9.12. The second kappa shape index (κ2) is 8.06. The van der Waals surface area contributed by atoms with Crippen molar-refractivity contribution in [3.8, 4) is 0 Å². The number of nitrogens with zero attached hydrogens (tertiary/aromatic N) is 1. The van der Waals surface area contributed by atoms with E-state index >= 15 is 0 Å². The molecule has 134 valence electrons. The Balaban J connectivity index is 1.86. The van der Waals surface area contributed by atoms with Gasteiger partial charge in [-0.25, -0.2) is 0 Å². The van der Waals surface area contributed by atoms with Crippen LogP contribution in [0.5, 0.6) is 0 Å². The predicted molar refractivity (Wildman–Crippen MR) is 89.2 cm³/mol. The fourth-order valence-corrected chi connectivity index (χ4v) is 3.93. The van der Waals surface area contributed by atoms with Crippen molar-refractivity contribution in [2.24, 2.45) is 11.3 Å². The molecule has 1 N–H and O–H groups in total. The van der Waals surface area contributed by atoms with Crippen LogP contribution in [0.25, 0.3) is 0 Å². The molecule has 0 aromatic rings. The van der Waals surface area contributed by atoms with E-state index in [-0.39, 0.29) is 18.6 Å². The van der Waals surface area contributed by atoms with Crippen LogP contribution in [-0.4, -0.2) is 61.0 Å². The van der Waals surface area contributed by atoms with Gasteiger partial charge in [0.15, 0.2) is 5.79 Å². The second-order valence-corrected chi connectivity index (χ2v) is 7.41. The maximum atomic E-state index is 11.3. The van der Waals surface area contributed by atoms with Crippen molar-refractivity contribution in [1.29, 1.82) is 0 Å². The lowest BCUT2D eigenvalue weighted by Gasteiger charge is -2.41. The van der Waals surface area contributed by atoms with Crippen molar-refractivity contribution in [3.63, 3.8) is 0 Å². The Morgan fingerprint density at radius 2 is 2.04 bits per heavy atom. The minimum atomic E-state index is -0.625. The highest BCUT2D eigenvalue weighted by molar-refractivity contribution is 5.59. The lowest BCUT2D eigenvalue weighted by Crippen LogP contribution is -2.43. The van der Waals surface area contributed by atoms with Gasteiger partial charge in [0.25, 0.3) is 0 Å². The highest BCUT2D eigenvalue weighted by Crippen LogP contribution is 2.45. The van der Waals surface area contributed by atoms with Crippen molar-refractivity contribution in [2.75, 3.05) is 32.8 Å². The molecule has 1 aliphatic heterocycles. The van der Waals surface area contributed by atoms with Crippen molar-refractivity contribution < 1.29 is 19.4 Å². The fraction of sp³-hybridized carbons (Fsp3) is 0.944. The van der Waals surface area contributed by atoms with Crippen molar-refractivity contribution in [1.82, 2.24) is 4.90 Å². The molecule has 1 saturated heterocycles. The van der Waals surface area contributed by atoms with E-state index in [2.05, 4.69) is 18.7 Å². The number of rotatable bonds is 8. The van der Waals surface area contributed by atoms with Crippen LogP contribution in [0, 0.1) is 11.3 Å². The van der Waals surface area contributed by atoms with Crippen molar-refractivity contribution in [3.05, 3.63) is 0 Å². The standard InChI is InChI=1S/C18H33NO4/c1-4-10-19(5-2)11-16-12-22-18(23-16)8-6-15(7-9-18)17(3,13-20)14-21/h13,15-16,21H,4-12,14H2,1-3H3. The van der Waals surface area contributed by atoms with Crippen LogP contribution in [0.1, 0.15) is 52.9 Å². The van der Waals surface area contributed by atoms with Gasteiger partial charge >= 0.3 is 0 Å². The number of carbonyl (C=O) groups is 1. The molecule has 23 heavy (non-hydrogen) atoms. The van der Waals surface area contributed by atoms with Gasteiger partial charge in [-0.05, 0) is 38.3 Å². The molecule has 0 aromatic carbocycles. The molecule has 2 fully saturated rings. The SMILES string of the molecule is CCCN(CC)CC1COC2(CCC(C(C)(C=O)CO)CC2)O1. The van der Waals surface area contributed by atoms with E-state index in [0.717, 1.165) is 58.0 Å². The number of aldehydes is 1. The first-order chi connectivity index (χ1) is 11.0. The molecule has 1 spiro atoms. The lowest BCUT2D eigenvalue weighted by atomic mass is 9.70. The predicted octanol–water partition coefficient (Wildman–Crippen LogP) is 2.22. The molecule has 2 rings (SSSR count). The van der Waals surface area contributed by atoms with Crippen molar-refractivity contribution in [2.45, 2.75) is 64.8 Å². The molecule has 1 aliphatic carbocycles. The molecule has 2 unspecified atom stereocenters. The Morgan fingerprint density at radius 3 is 2.57 bits per heavy atom. The molecule has 1 saturated carbocycles. The van der Waals surface area contributed by atoms with E-state index in [1.807, 2.05) is 6.92 Å². The molecule has 2 aliphatic rings. The molecular formula is C18H33NO4. The average Bonchev–Trinajstić information content (AvgIpc) is 2.96. The Kier molecular flexibility index (Phi) is 6.60. The molecule has 5 nitrogen and oxygen atoms in total. The normalized spacial score (nSPS) is 34.0. The molecule has 5 heteroatoms. The van der Waals surface area contributed by atoms with Gasteiger partial charge < -0.3 is 24.3 Å². The summed E-state index contributed by atoms with van der Waals surface area (Å²) in [4.78, 5) is 13.7. The number of hydrogen-bond acceptors (Lipinski definition) is 5. The van der Waals surface area contributed by atoms with E-state index < -0.39 is 11.2 Å². The van der Waals surface area contributed by atoms with E-state index in [1.165, 1.54) is 0 Å². The summed E-state index contributed by atoms with van der Waals surface area (Å²) >= 11 is 0. The molecule has 0 amide bonds. The van der Waals surface area contributed by atoms with Crippen molar-refractivity contribution >= 4 is 6.29 Å². The molecule has 1 heterocycles. The summed E-state index contributed by atoms with van der Waals surface area (Å²) in [6.07, 6.45) is 5.59. The number of hydrogen-bond donors (Lipinski definition) is 1. The third-order valence-corrected chi connectivity index (χ3v) is 5.65. The third-order valence-electron chi connectivity index (χ3n) is 5.65. The van der Waals surface area contributed by atoms with Crippen LogP contribution in [0.4, 0.5) is 0 Å². The fourth-order valence-electron chi connectivity index (χ4n) is 3.93. The highest BCUT2D eigenvalue weighted by atomic mass is 16.7. The Hall–Kier alpha value is -0.490. The topological polar surface area (TPSA) is 59.0 Å². The summed E-state index contributed by atoms with van der Waals surface area (Å²) in [5, 5.41) is 9.51. The van der Waals surface area contributed by atoms with Gasteiger partial charge in [0, 0.05) is 24.8 Å². The van der Waals surface area contributed by atoms with Crippen LogP contribution in [-0.2, 0) is 14.3 Å². The van der Waals surface area contributed by atoms with Crippen LogP contribution in [0.3, 0.4) is 0 Å². The van der Waals surface area contributed by atoms with Crippen LogP contribution >= 0.6 is 0 Å². The van der Waals surface area contributed by atoms with Crippen LogP contribution in [0.2, 0.25) is 0 Å². The maximum absolute atomic E-state index is 11.3. The quantitative estimate of drug-likeness (QED) is 0.693. The largest absolute Gasteiger partial charge is 0.395 e. The summed E-state index contributed by atoms with van der Waals surface area (Å²) in [5.41, 5.74) is -0.625. The smallest absolute Gasteiger partial charge is 0.168 e. The zero-order chi connectivity index (χ0) is 16.9. The minimum absolute atomic E-state index is 0.0824. The highest BCUT2D eigenvalue weighted by Gasteiger charge is 2.47. The zero-order valence-corrected chi connectivity index (χ0v) is 14.9. The van der Waals surface area contributed by atoms with Gasteiger partial charge in [0.1, 0.15) is 6.29 Å². The summed E-state index contributed by atoms with van der Waals surface area (Å²) in [6, 6.07) is 0. The lowest BCUT2D eigenvalue weighted by molar-refractivity contribution is -0.199. The number of ether oxygens (including phenoxy) is 2. The van der Waals surface area contributed by atoms with Gasteiger partial charge in [0.2, 0.25) is 0 Å². The average molecular weight is 327 g/mol. The molecule has 2 atom stereocenters. The maximum Gasteiger partial charge on any atom is 0.168 e. The van der Waals surface area contributed by atoms with E-state index in [4.69, 9.17) is 9.47 Å². The van der Waals surface area contributed by atoms with Gasteiger partial charge in [-0.1, -0.05) is 20.8 Å². The second-order valence-electron chi connectivity index (χ2n) is 7.41. The van der Waals surface area contributed by atoms with Crippen LogP contribution < -0.4 is 0 Å². The summed E-state index contributed by atoms with van der Waals surface area (Å²) in [5.74, 6) is -0.236. The molecular weight excluding hydrogens is 294 g/mol. The monoisotopic (exact) mass is 327 g/mol. The Bertz CT molecular complexity index is 381. The molecule has 0 aromatic heterocycles. The first kappa shape index (κ1) is 18.8. The number of aliphatic hydroxyl groups excluding tert-OH is 1. The number of likely N-dealkylation sites (N-methyl/N-ethyl adjacent to an activating group) is 1. The zero-order valence-electron chi connectivity index (χ0n) is 14.9. The van der Waals surface area contributed by atoms with E-state index in [9.17, 15) is 9.90 Å². The first-order valence-corrected chi connectivity index (χ1v) is 9.12. The summed E-state index contributed by atoms with van der Waals surface area (Å²) in [7, 11) is 0. The number of carbonyl (C=O) groups excluding carboxylic acids is 1. The van der Waals surface area contributed by atoms with Gasteiger partial charge in [-0.2, -0.15) is 0 Å². The summed E-state index contributed by atoms with van der Waals surface area (Å²) < 4.78 is 12.3. The van der Waals surface area contributed by atoms with Gasteiger partial charge in [-0.15, -0.1) is 0 Å². The molecule has 0 radical (unpaired) electrons. The molecule has 0 bridgehead atoms. The minimum Gasteiger partial charge on any atom is -0.395 e. The Morgan fingerprint density at radius 1 is 1.35 bits per heavy atom.